The summed E-state index contributed by atoms with van der Waals surface area (Å²) < 4.78 is 2.03. The van der Waals surface area contributed by atoms with Crippen molar-refractivity contribution >= 4 is 43.6 Å². The van der Waals surface area contributed by atoms with Gasteiger partial charge in [0, 0.05) is 21.2 Å². The van der Waals surface area contributed by atoms with E-state index in [0.717, 1.165) is 25.8 Å². The molecule has 0 bridgehead atoms. The number of anilines is 1. The Labute approximate surface area is 135 Å². The van der Waals surface area contributed by atoms with Gasteiger partial charge in [-0.3, -0.25) is 0 Å². The fourth-order valence-electron chi connectivity index (χ4n) is 1.73. The summed E-state index contributed by atoms with van der Waals surface area (Å²) in [6.45, 7) is 2.47. The number of hydrogen-bond donors (Lipinski definition) is 2. The summed E-state index contributed by atoms with van der Waals surface area (Å²) in [5, 5.41) is 5.64. The SMILES string of the molecule is Cc1cc(NC(=O)NCc2cccc(Br)c2)ccc1Br. The van der Waals surface area contributed by atoms with E-state index in [4.69, 9.17) is 0 Å². The minimum atomic E-state index is -0.216. The van der Waals surface area contributed by atoms with Crippen molar-refractivity contribution < 1.29 is 4.79 Å². The van der Waals surface area contributed by atoms with E-state index in [2.05, 4.69) is 42.5 Å². The van der Waals surface area contributed by atoms with Gasteiger partial charge in [0.05, 0.1) is 0 Å². The van der Waals surface area contributed by atoms with Crippen molar-refractivity contribution in [1.29, 1.82) is 0 Å². The minimum Gasteiger partial charge on any atom is -0.334 e. The molecule has 0 aliphatic carbocycles. The van der Waals surface area contributed by atoms with Gasteiger partial charge in [-0.15, -0.1) is 0 Å². The number of rotatable bonds is 3. The van der Waals surface area contributed by atoms with Crippen LogP contribution in [0.5, 0.6) is 0 Å². The molecular formula is C15H14Br2N2O. The summed E-state index contributed by atoms with van der Waals surface area (Å²) in [7, 11) is 0. The predicted octanol–water partition coefficient (Wildman–Crippen LogP) is 4.84. The molecule has 2 aromatic carbocycles. The van der Waals surface area contributed by atoms with E-state index in [0.29, 0.717) is 6.54 Å². The van der Waals surface area contributed by atoms with Crippen molar-refractivity contribution in [3.8, 4) is 0 Å². The van der Waals surface area contributed by atoms with Crippen molar-refractivity contribution in [3.63, 3.8) is 0 Å². The van der Waals surface area contributed by atoms with E-state index in [1.807, 2.05) is 49.4 Å². The normalized spacial score (nSPS) is 10.2. The van der Waals surface area contributed by atoms with Gasteiger partial charge < -0.3 is 10.6 Å². The van der Waals surface area contributed by atoms with Crippen LogP contribution in [0.3, 0.4) is 0 Å². The molecule has 0 aromatic heterocycles. The molecule has 0 radical (unpaired) electrons. The third-order valence-corrected chi connectivity index (χ3v) is 4.14. The molecule has 20 heavy (non-hydrogen) atoms. The number of carbonyl (C=O) groups is 1. The van der Waals surface area contributed by atoms with Crippen molar-refractivity contribution in [1.82, 2.24) is 5.32 Å². The smallest absolute Gasteiger partial charge is 0.319 e. The largest absolute Gasteiger partial charge is 0.334 e. The minimum absolute atomic E-state index is 0.216. The zero-order valence-electron chi connectivity index (χ0n) is 10.9. The second kappa shape index (κ2) is 6.90. The Morgan fingerprint density at radius 3 is 2.65 bits per heavy atom. The number of nitrogens with one attached hydrogen (secondary N) is 2. The van der Waals surface area contributed by atoms with Crippen LogP contribution >= 0.6 is 31.9 Å². The van der Waals surface area contributed by atoms with E-state index >= 15 is 0 Å². The standard InChI is InChI=1S/C15H14Br2N2O/c1-10-7-13(5-6-14(10)17)19-15(20)18-9-11-3-2-4-12(16)8-11/h2-8H,9H2,1H3,(H2,18,19,20). The first-order valence-electron chi connectivity index (χ1n) is 6.10. The lowest BCUT2D eigenvalue weighted by molar-refractivity contribution is 0.251. The lowest BCUT2D eigenvalue weighted by atomic mass is 10.2. The zero-order valence-corrected chi connectivity index (χ0v) is 14.1. The number of aryl methyl sites for hydroxylation is 1. The van der Waals surface area contributed by atoms with Crippen molar-refractivity contribution in [2.24, 2.45) is 0 Å². The number of carbonyl (C=O) groups excluding carboxylic acids is 1. The Morgan fingerprint density at radius 1 is 1.15 bits per heavy atom. The fraction of sp³-hybridized carbons (Fsp3) is 0.133. The van der Waals surface area contributed by atoms with Crippen molar-refractivity contribution in [2.75, 3.05) is 5.32 Å². The van der Waals surface area contributed by atoms with Crippen molar-refractivity contribution in [2.45, 2.75) is 13.5 Å². The Balaban J connectivity index is 1.91. The maximum atomic E-state index is 11.8. The summed E-state index contributed by atoms with van der Waals surface area (Å²) in [4.78, 5) is 11.8. The van der Waals surface area contributed by atoms with E-state index in [1.54, 1.807) is 0 Å². The number of hydrogen-bond acceptors (Lipinski definition) is 1. The summed E-state index contributed by atoms with van der Waals surface area (Å²) in [6, 6.07) is 13.3. The van der Waals surface area contributed by atoms with Gasteiger partial charge in [-0.25, -0.2) is 4.79 Å². The molecule has 104 valence electrons. The lowest BCUT2D eigenvalue weighted by Gasteiger charge is -2.09. The molecule has 5 heteroatoms. The maximum Gasteiger partial charge on any atom is 0.319 e. The highest BCUT2D eigenvalue weighted by Crippen LogP contribution is 2.19. The lowest BCUT2D eigenvalue weighted by Crippen LogP contribution is -2.28. The van der Waals surface area contributed by atoms with Gasteiger partial charge in [0.15, 0.2) is 0 Å². The van der Waals surface area contributed by atoms with E-state index in [-0.39, 0.29) is 6.03 Å². The molecule has 0 fully saturated rings. The quantitative estimate of drug-likeness (QED) is 0.764. The summed E-state index contributed by atoms with van der Waals surface area (Å²) in [5.74, 6) is 0. The first kappa shape index (κ1) is 15.1. The average molecular weight is 398 g/mol. The summed E-state index contributed by atoms with van der Waals surface area (Å²) in [5.41, 5.74) is 2.90. The van der Waals surface area contributed by atoms with E-state index in [9.17, 15) is 4.79 Å². The van der Waals surface area contributed by atoms with Crippen LogP contribution in [0.25, 0.3) is 0 Å². The Bertz CT molecular complexity index is 629. The molecule has 0 aliphatic rings. The van der Waals surface area contributed by atoms with Gasteiger partial charge in [0.2, 0.25) is 0 Å². The van der Waals surface area contributed by atoms with Gasteiger partial charge in [-0.2, -0.15) is 0 Å². The first-order chi connectivity index (χ1) is 9.54. The zero-order chi connectivity index (χ0) is 14.5. The van der Waals surface area contributed by atoms with Gasteiger partial charge in [0.25, 0.3) is 0 Å². The Hall–Kier alpha value is -1.33. The molecule has 2 rings (SSSR count). The van der Waals surface area contributed by atoms with Crippen LogP contribution in [0.4, 0.5) is 10.5 Å². The summed E-state index contributed by atoms with van der Waals surface area (Å²) >= 11 is 6.84. The third kappa shape index (κ3) is 4.35. The molecule has 2 N–H and O–H groups in total. The van der Waals surface area contributed by atoms with Crippen LogP contribution in [0.2, 0.25) is 0 Å². The predicted molar refractivity (Wildman–Crippen MR) is 88.9 cm³/mol. The second-order valence-corrected chi connectivity index (χ2v) is 6.17. The van der Waals surface area contributed by atoms with Crippen molar-refractivity contribution in [3.05, 3.63) is 62.5 Å². The van der Waals surface area contributed by atoms with E-state index < -0.39 is 0 Å². The van der Waals surface area contributed by atoms with Gasteiger partial charge in [-0.1, -0.05) is 44.0 Å². The molecule has 0 atom stereocenters. The topological polar surface area (TPSA) is 41.1 Å². The number of benzene rings is 2. The highest BCUT2D eigenvalue weighted by Gasteiger charge is 2.03. The molecule has 0 spiro atoms. The van der Waals surface area contributed by atoms with Crippen LogP contribution in [0, 0.1) is 6.92 Å². The second-order valence-electron chi connectivity index (χ2n) is 4.40. The molecule has 0 heterocycles. The Kier molecular flexibility index (Phi) is 5.20. The Morgan fingerprint density at radius 2 is 1.95 bits per heavy atom. The fourth-order valence-corrected chi connectivity index (χ4v) is 2.42. The molecule has 2 aromatic rings. The molecule has 0 saturated carbocycles. The monoisotopic (exact) mass is 396 g/mol. The van der Waals surface area contributed by atoms with Crippen LogP contribution < -0.4 is 10.6 Å². The highest BCUT2D eigenvalue weighted by atomic mass is 79.9. The number of halogens is 2. The molecule has 2 amide bonds. The number of urea groups is 1. The molecule has 0 unspecified atom stereocenters. The maximum absolute atomic E-state index is 11.8. The van der Waals surface area contributed by atoms with Gasteiger partial charge >= 0.3 is 6.03 Å². The van der Waals surface area contributed by atoms with Crippen LogP contribution in [0.15, 0.2) is 51.4 Å². The van der Waals surface area contributed by atoms with Crippen LogP contribution in [0.1, 0.15) is 11.1 Å². The number of amides is 2. The molecule has 0 aliphatic heterocycles. The van der Waals surface area contributed by atoms with Gasteiger partial charge in [-0.05, 0) is 48.4 Å². The molecular weight excluding hydrogens is 384 g/mol. The van der Waals surface area contributed by atoms with Crippen LogP contribution in [-0.4, -0.2) is 6.03 Å². The third-order valence-electron chi connectivity index (χ3n) is 2.76. The van der Waals surface area contributed by atoms with Gasteiger partial charge in [0.1, 0.15) is 0 Å². The molecule has 0 saturated heterocycles. The van der Waals surface area contributed by atoms with E-state index in [1.165, 1.54) is 0 Å². The summed E-state index contributed by atoms with van der Waals surface area (Å²) in [6.07, 6.45) is 0. The highest BCUT2D eigenvalue weighted by molar-refractivity contribution is 9.10. The first-order valence-corrected chi connectivity index (χ1v) is 7.68. The average Bonchev–Trinajstić information content (AvgIpc) is 2.41. The van der Waals surface area contributed by atoms with Crippen LogP contribution in [-0.2, 0) is 6.54 Å². The molecule has 3 nitrogen and oxygen atoms in total.